The zero-order valence-corrected chi connectivity index (χ0v) is 12.9. The molecule has 0 bridgehead atoms. The van der Waals surface area contributed by atoms with Crippen LogP contribution >= 0.6 is 0 Å². The summed E-state index contributed by atoms with van der Waals surface area (Å²) in [6.45, 7) is 0.387. The molecule has 0 saturated heterocycles. The van der Waals surface area contributed by atoms with Gasteiger partial charge in [-0.25, -0.2) is 18.7 Å². The van der Waals surface area contributed by atoms with Gasteiger partial charge in [-0.3, -0.25) is 9.78 Å². The van der Waals surface area contributed by atoms with E-state index >= 15 is 0 Å². The summed E-state index contributed by atoms with van der Waals surface area (Å²) in [4.78, 5) is 24.4. The second-order valence-corrected chi connectivity index (χ2v) is 5.02. The Hall–Kier alpha value is -3.42. The highest BCUT2D eigenvalue weighted by Gasteiger charge is 2.12. The van der Waals surface area contributed by atoms with Crippen LogP contribution in [0.15, 0.2) is 54.9 Å². The Morgan fingerprint density at radius 2 is 1.92 bits per heavy atom. The third-order valence-electron chi connectivity index (χ3n) is 3.22. The van der Waals surface area contributed by atoms with Crippen molar-refractivity contribution >= 4 is 17.5 Å². The van der Waals surface area contributed by atoms with Crippen LogP contribution in [-0.4, -0.2) is 20.9 Å². The zero-order valence-electron chi connectivity index (χ0n) is 12.9. The number of anilines is 2. The molecule has 0 spiro atoms. The second kappa shape index (κ2) is 7.43. The van der Waals surface area contributed by atoms with Crippen molar-refractivity contribution in [2.45, 2.75) is 6.54 Å². The Labute approximate surface area is 142 Å². The summed E-state index contributed by atoms with van der Waals surface area (Å²) in [5, 5.41) is 5.29. The molecule has 3 aromatic rings. The third kappa shape index (κ3) is 4.31. The van der Waals surface area contributed by atoms with Gasteiger partial charge in [0.1, 0.15) is 17.3 Å². The lowest BCUT2D eigenvalue weighted by molar-refractivity contribution is 0.102. The van der Waals surface area contributed by atoms with Crippen LogP contribution < -0.4 is 10.6 Å². The molecule has 0 radical (unpaired) electrons. The van der Waals surface area contributed by atoms with Crippen molar-refractivity contribution in [3.8, 4) is 0 Å². The van der Waals surface area contributed by atoms with Crippen LogP contribution in [0.1, 0.15) is 16.2 Å². The van der Waals surface area contributed by atoms with Crippen LogP contribution in [-0.2, 0) is 6.54 Å². The van der Waals surface area contributed by atoms with E-state index in [0.717, 1.165) is 17.8 Å². The first-order valence-corrected chi connectivity index (χ1v) is 7.35. The molecule has 0 unspecified atom stereocenters. The molecular formula is C17H13F2N5O. The number of rotatable bonds is 5. The van der Waals surface area contributed by atoms with E-state index < -0.39 is 17.5 Å². The van der Waals surface area contributed by atoms with E-state index in [4.69, 9.17) is 0 Å². The van der Waals surface area contributed by atoms with Gasteiger partial charge < -0.3 is 10.6 Å². The quantitative estimate of drug-likeness (QED) is 0.746. The van der Waals surface area contributed by atoms with E-state index in [1.807, 2.05) is 12.1 Å². The Morgan fingerprint density at radius 3 is 2.68 bits per heavy atom. The Bertz CT molecular complexity index is 889. The number of benzene rings is 1. The van der Waals surface area contributed by atoms with Crippen LogP contribution in [0.25, 0.3) is 0 Å². The van der Waals surface area contributed by atoms with E-state index in [1.165, 1.54) is 12.3 Å². The van der Waals surface area contributed by atoms with Crippen molar-refractivity contribution in [3.63, 3.8) is 0 Å². The lowest BCUT2D eigenvalue weighted by atomic mass is 10.3. The van der Waals surface area contributed by atoms with Crippen LogP contribution in [0, 0.1) is 11.6 Å². The summed E-state index contributed by atoms with van der Waals surface area (Å²) in [7, 11) is 0. The normalized spacial score (nSPS) is 10.3. The number of hydrogen-bond donors (Lipinski definition) is 2. The number of nitrogens with zero attached hydrogens (tertiary/aromatic N) is 3. The highest BCUT2D eigenvalue weighted by molar-refractivity contribution is 6.03. The Kier molecular flexibility index (Phi) is 4.89. The number of halogens is 2. The molecule has 2 aromatic heterocycles. The van der Waals surface area contributed by atoms with E-state index in [2.05, 4.69) is 25.6 Å². The van der Waals surface area contributed by atoms with E-state index in [1.54, 1.807) is 12.3 Å². The summed E-state index contributed by atoms with van der Waals surface area (Å²) in [6.07, 6.45) is 3.07. The predicted molar refractivity (Wildman–Crippen MR) is 87.9 cm³/mol. The highest BCUT2D eigenvalue weighted by atomic mass is 19.1. The summed E-state index contributed by atoms with van der Waals surface area (Å²) in [6, 6.07) is 9.77. The maximum Gasteiger partial charge on any atom is 0.274 e. The molecule has 126 valence electrons. The molecule has 0 atom stereocenters. The molecule has 1 aromatic carbocycles. The van der Waals surface area contributed by atoms with E-state index in [9.17, 15) is 13.6 Å². The third-order valence-corrected chi connectivity index (χ3v) is 3.22. The number of pyridine rings is 1. The van der Waals surface area contributed by atoms with E-state index in [0.29, 0.717) is 12.6 Å². The molecule has 0 aliphatic rings. The zero-order chi connectivity index (χ0) is 17.6. The van der Waals surface area contributed by atoms with Gasteiger partial charge in [0.2, 0.25) is 5.95 Å². The fourth-order valence-electron chi connectivity index (χ4n) is 2.02. The largest absolute Gasteiger partial charge is 0.349 e. The first-order valence-electron chi connectivity index (χ1n) is 7.35. The molecule has 0 aliphatic carbocycles. The topological polar surface area (TPSA) is 79.8 Å². The molecule has 0 aliphatic heterocycles. The number of aromatic nitrogens is 3. The van der Waals surface area contributed by atoms with Gasteiger partial charge >= 0.3 is 0 Å². The standard InChI is InChI=1S/C17H13F2N5O/c18-11-4-5-14(13(19)9-11)23-16(25)15-6-8-21-17(24-15)22-10-12-3-1-2-7-20-12/h1-9H,10H2,(H,23,25)(H,21,22,24). The predicted octanol–water partition coefficient (Wildman–Crippen LogP) is 3.01. The van der Waals surface area contributed by atoms with Gasteiger partial charge in [0.25, 0.3) is 5.91 Å². The summed E-state index contributed by atoms with van der Waals surface area (Å²) >= 11 is 0. The van der Waals surface area contributed by atoms with Crippen molar-refractivity contribution in [1.29, 1.82) is 0 Å². The first-order chi connectivity index (χ1) is 12.1. The second-order valence-electron chi connectivity index (χ2n) is 5.02. The lowest BCUT2D eigenvalue weighted by Gasteiger charge is -2.08. The van der Waals surface area contributed by atoms with Crippen molar-refractivity contribution in [3.05, 3.63) is 77.9 Å². The van der Waals surface area contributed by atoms with Crippen LogP contribution in [0.4, 0.5) is 20.4 Å². The minimum absolute atomic E-state index is 0.0437. The van der Waals surface area contributed by atoms with Crippen LogP contribution in [0.3, 0.4) is 0 Å². The SMILES string of the molecule is O=C(Nc1ccc(F)cc1F)c1ccnc(NCc2ccccn2)n1. The monoisotopic (exact) mass is 341 g/mol. The van der Waals surface area contributed by atoms with Crippen molar-refractivity contribution in [1.82, 2.24) is 15.0 Å². The molecule has 2 N–H and O–H groups in total. The molecule has 0 saturated carbocycles. The lowest BCUT2D eigenvalue weighted by Crippen LogP contribution is -2.16. The Morgan fingerprint density at radius 1 is 1.04 bits per heavy atom. The van der Waals surface area contributed by atoms with Gasteiger partial charge in [0.15, 0.2) is 0 Å². The molecule has 8 heteroatoms. The van der Waals surface area contributed by atoms with Gasteiger partial charge in [-0.05, 0) is 30.3 Å². The molecule has 2 heterocycles. The van der Waals surface area contributed by atoms with E-state index in [-0.39, 0.29) is 17.3 Å². The number of carbonyl (C=O) groups is 1. The van der Waals surface area contributed by atoms with Gasteiger partial charge in [-0.1, -0.05) is 6.07 Å². The van der Waals surface area contributed by atoms with Gasteiger partial charge in [0.05, 0.1) is 17.9 Å². The number of amides is 1. The maximum absolute atomic E-state index is 13.6. The smallest absolute Gasteiger partial charge is 0.274 e. The fraction of sp³-hybridized carbons (Fsp3) is 0.0588. The molecule has 0 fully saturated rings. The molecular weight excluding hydrogens is 328 g/mol. The minimum atomic E-state index is -0.865. The van der Waals surface area contributed by atoms with Crippen LogP contribution in [0.2, 0.25) is 0 Å². The average molecular weight is 341 g/mol. The highest BCUT2D eigenvalue weighted by Crippen LogP contribution is 2.16. The molecule has 3 rings (SSSR count). The molecule has 6 nitrogen and oxygen atoms in total. The van der Waals surface area contributed by atoms with Gasteiger partial charge in [-0.15, -0.1) is 0 Å². The minimum Gasteiger partial charge on any atom is -0.349 e. The van der Waals surface area contributed by atoms with Crippen molar-refractivity contribution in [2.24, 2.45) is 0 Å². The van der Waals surface area contributed by atoms with Gasteiger partial charge in [-0.2, -0.15) is 0 Å². The summed E-state index contributed by atoms with van der Waals surface area (Å²) < 4.78 is 26.5. The number of carbonyl (C=O) groups excluding carboxylic acids is 1. The summed E-state index contributed by atoms with van der Waals surface area (Å²) in [5.74, 6) is -1.99. The number of nitrogens with one attached hydrogen (secondary N) is 2. The van der Waals surface area contributed by atoms with Crippen LogP contribution in [0.5, 0.6) is 0 Å². The van der Waals surface area contributed by atoms with Crippen molar-refractivity contribution in [2.75, 3.05) is 10.6 Å². The molecule has 25 heavy (non-hydrogen) atoms. The maximum atomic E-state index is 13.6. The number of hydrogen-bond acceptors (Lipinski definition) is 5. The first kappa shape index (κ1) is 16.4. The fourth-order valence-corrected chi connectivity index (χ4v) is 2.02. The summed E-state index contributed by atoms with van der Waals surface area (Å²) in [5.41, 5.74) is 0.699. The Balaban J connectivity index is 1.69. The van der Waals surface area contributed by atoms with Gasteiger partial charge in [0, 0.05) is 18.5 Å². The molecule has 1 amide bonds. The van der Waals surface area contributed by atoms with Crippen molar-refractivity contribution < 1.29 is 13.6 Å². The average Bonchev–Trinajstić information content (AvgIpc) is 2.63.